The smallest absolute Gasteiger partial charge is 0.123 e. The number of rotatable bonds is 2. The summed E-state index contributed by atoms with van der Waals surface area (Å²) >= 11 is 0. The molecule has 0 aliphatic carbocycles. The van der Waals surface area contributed by atoms with Gasteiger partial charge >= 0.3 is 0 Å². The van der Waals surface area contributed by atoms with Crippen LogP contribution in [0.25, 0.3) is 0 Å². The molecule has 0 amide bonds. The summed E-state index contributed by atoms with van der Waals surface area (Å²) in [6.07, 6.45) is 4.94. The summed E-state index contributed by atoms with van der Waals surface area (Å²) < 4.78 is 13.0. The second-order valence-electron chi connectivity index (χ2n) is 5.37. The van der Waals surface area contributed by atoms with Gasteiger partial charge in [-0.25, -0.2) is 4.39 Å². The summed E-state index contributed by atoms with van der Waals surface area (Å²) in [6.45, 7) is 5.57. The third-order valence-corrected chi connectivity index (χ3v) is 4.03. The van der Waals surface area contributed by atoms with Crippen LogP contribution in [0.15, 0.2) is 24.3 Å². The van der Waals surface area contributed by atoms with Crippen molar-refractivity contribution < 1.29 is 4.39 Å². The maximum absolute atomic E-state index is 13.0. The van der Waals surface area contributed by atoms with Gasteiger partial charge in [-0.1, -0.05) is 38.8 Å². The zero-order valence-corrected chi connectivity index (χ0v) is 10.8. The second-order valence-corrected chi connectivity index (χ2v) is 5.37. The standard InChI is InChI=1S/C15H22FN/c1-12(2)15(10-4-3-5-11-17-15)13-6-8-14(16)9-7-13/h6-9,12,17H,3-5,10-11H2,1-2H3. The molecule has 1 N–H and O–H groups in total. The third-order valence-electron chi connectivity index (χ3n) is 4.03. The Balaban J connectivity index is 2.35. The molecule has 94 valence electrons. The van der Waals surface area contributed by atoms with Gasteiger partial charge in [0.05, 0.1) is 0 Å². The average molecular weight is 235 g/mol. The van der Waals surface area contributed by atoms with Crippen molar-refractivity contribution in [2.45, 2.75) is 45.1 Å². The molecule has 1 fully saturated rings. The van der Waals surface area contributed by atoms with Gasteiger partial charge in [-0.2, -0.15) is 0 Å². The minimum absolute atomic E-state index is 0.0319. The van der Waals surface area contributed by atoms with E-state index in [1.165, 1.54) is 24.8 Å². The predicted octanol–water partition coefficient (Wildman–Crippen LogP) is 3.84. The molecule has 1 aliphatic rings. The highest BCUT2D eigenvalue weighted by atomic mass is 19.1. The Kier molecular flexibility index (Phi) is 3.82. The van der Waals surface area contributed by atoms with Crippen LogP contribution in [0.1, 0.15) is 45.1 Å². The first kappa shape index (κ1) is 12.6. The quantitative estimate of drug-likeness (QED) is 0.821. The zero-order chi connectivity index (χ0) is 12.3. The van der Waals surface area contributed by atoms with Gasteiger partial charge in [0.1, 0.15) is 5.82 Å². The normalized spacial score (nSPS) is 25.9. The molecule has 1 aromatic carbocycles. The largest absolute Gasteiger partial charge is 0.307 e. The number of benzene rings is 1. The molecule has 17 heavy (non-hydrogen) atoms. The van der Waals surface area contributed by atoms with Crippen molar-refractivity contribution in [1.29, 1.82) is 0 Å². The van der Waals surface area contributed by atoms with Crippen LogP contribution in [-0.4, -0.2) is 6.54 Å². The fourth-order valence-corrected chi connectivity index (χ4v) is 2.93. The van der Waals surface area contributed by atoms with E-state index < -0.39 is 0 Å². The molecule has 1 atom stereocenters. The highest BCUT2D eigenvalue weighted by molar-refractivity contribution is 5.26. The Bertz CT molecular complexity index is 348. The van der Waals surface area contributed by atoms with E-state index in [4.69, 9.17) is 0 Å². The van der Waals surface area contributed by atoms with Gasteiger partial charge in [0, 0.05) is 5.54 Å². The summed E-state index contributed by atoms with van der Waals surface area (Å²) in [5.74, 6) is 0.368. The van der Waals surface area contributed by atoms with E-state index >= 15 is 0 Å². The lowest BCUT2D eigenvalue weighted by molar-refractivity contribution is 0.230. The van der Waals surface area contributed by atoms with Crippen LogP contribution in [0.2, 0.25) is 0 Å². The fourth-order valence-electron chi connectivity index (χ4n) is 2.93. The van der Waals surface area contributed by atoms with Crippen LogP contribution >= 0.6 is 0 Å². The Hall–Kier alpha value is -0.890. The van der Waals surface area contributed by atoms with Crippen molar-refractivity contribution in [1.82, 2.24) is 5.32 Å². The first-order valence-corrected chi connectivity index (χ1v) is 6.66. The molecule has 1 unspecified atom stereocenters. The Labute approximate surface area is 103 Å². The minimum atomic E-state index is -0.152. The van der Waals surface area contributed by atoms with E-state index in [9.17, 15) is 4.39 Å². The Morgan fingerprint density at radius 1 is 1.12 bits per heavy atom. The SMILES string of the molecule is CC(C)C1(c2ccc(F)cc2)CCCCCN1. The van der Waals surface area contributed by atoms with Crippen molar-refractivity contribution in [3.63, 3.8) is 0 Å². The van der Waals surface area contributed by atoms with Crippen molar-refractivity contribution in [3.8, 4) is 0 Å². The zero-order valence-electron chi connectivity index (χ0n) is 10.8. The first-order valence-electron chi connectivity index (χ1n) is 6.66. The molecule has 0 saturated carbocycles. The topological polar surface area (TPSA) is 12.0 Å². The van der Waals surface area contributed by atoms with Crippen molar-refractivity contribution >= 4 is 0 Å². The maximum atomic E-state index is 13.0. The lowest BCUT2D eigenvalue weighted by Crippen LogP contribution is -2.46. The first-order chi connectivity index (χ1) is 8.15. The molecule has 2 rings (SSSR count). The Morgan fingerprint density at radius 2 is 1.82 bits per heavy atom. The molecule has 1 aliphatic heterocycles. The van der Waals surface area contributed by atoms with Crippen LogP contribution in [-0.2, 0) is 5.54 Å². The van der Waals surface area contributed by atoms with Crippen LogP contribution in [0.3, 0.4) is 0 Å². The van der Waals surface area contributed by atoms with Gasteiger partial charge in [0.15, 0.2) is 0 Å². The fraction of sp³-hybridized carbons (Fsp3) is 0.600. The molecule has 2 heteroatoms. The second kappa shape index (κ2) is 5.18. The third kappa shape index (κ3) is 2.52. The molecule has 0 radical (unpaired) electrons. The summed E-state index contributed by atoms with van der Waals surface area (Å²) in [6, 6.07) is 7.03. The van der Waals surface area contributed by atoms with Crippen LogP contribution in [0.5, 0.6) is 0 Å². The Morgan fingerprint density at radius 3 is 2.47 bits per heavy atom. The van der Waals surface area contributed by atoms with E-state index in [2.05, 4.69) is 19.2 Å². The van der Waals surface area contributed by atoms with Gasteiger partial charge in [-0.15, -0.1) is 0 Å². The monoisotopic (exact) mass is 235 g/mol. The molecule has 0 spiro atoms. The van der Waals surface area contributed by atoms with Crippen LogP contribution < -0.4 is 5.32 Å². The molecular weight excluding hydrogens is 213 g/mol. The summed E-state index contributed by atoms with van der Waals surface area (Å²) in [4.78, 5) is 0. The van der Waals surface area contributed by atoms with Gasteiger partial charge in [-0.05, 0) is 43.0 Å². The van der Waals surface area contributed by atoms with E-state index in [1.54, 1.807) is 12.1 Å². The van der Waals surface area contributed by atoms with Crippen molar-refractivity contribution in [2.24, 2.45) is 5.92 Å². The summed E-state index contributed by atoms with van der Waals surface area (Å²) in [7, 11) is 0. The van der Waals surface area contributed by atoms with Crippen molar-refractivity contribution in [3.05, 3.63) is 35.6 Å². The number of hydrogen-bond acceptors (Lipinski definition) is 1. The molecule has 0 aromatic heterocycles. The molecule has 1 heterocycles. The number of nitrogens with one attached hydrogen (secondary N) is 1. The van der Waals surface area contributed by atoms with E-state index in [-0.39, 0.29) is 11.4 Å². The predicted molar refractivity (Wildman–Crippen MR) is 69.4 cm³/mol. The highest BCUT2D eigenvalue weighted by Gasteiger charge is 2.35. The molecule has 1 nitrogen and oxygen atoms in total. The van der Waals surface area contributed by atoms with E-state index in [0.717, 1.165) is 13.0 Å². The minimum Gasteiger partial charge on any atom is -0.307 e. The van der Waals surface area contributed by atoms with Gasteiger partial charge in [-0.3, -0.25) is 0 Å². The average Bonchev–Trinajstić information content (AvgIpc) is 2.56. The van der Waals surface area contributed by atoms with E-state index in [0.29, 0.717) is 5.92 Å². The highest BCUT2D eigenvalue weighted by Crippen LogP contribution is 2.36. The number of halogens is 1. The summed E-state index contributed by atoms with van der Waals surface area (Å²) in [5.41, 5.74) is 1.26. The maximum Gasteiger partial charge on any atom is 0.123 e. The molecular formula is C15H22FN. The lowest BCUT2D eigenvalue weighted by Gasteiger charge is -2.38. The van der Waals surface area contributed by atoms with Crippen LogP contribution in [0.4, 0.5) is 4.39 Å². The van der Waals surface area contributed by atoms with Crippen LogP contribution in [0, 0.1) is 11.7 Å². The molecule has 1 saturated heterocycles. The number of hydrogen-bond donors (Lipinski definition) is 1. The van der Waals surface area contributed by atoms with Gasteiger partial charge in [0.2, 0.25) is 0 Å². The van der Waals surface area contributed by atoms with Gasteiger partial charge < -0.3 is 5.32 Å². The van der Waals surface area contributed by atoms with Crippen molar-refractivity contribution in [2.75, 3.05) is 6.54 Å². The van der Waals surface area contributed by atoms with E-state index in [1.807, 2.05) is 12.1 Å². The molecule has 0 bridgehead atoms. The summed E-state index contributed by atoms with van der Waals surface area (Å²) in [5, 5.41) is 3.71. The van der Waals surface area contributed by atoms with Gasteiger partial charge in [0.25, 0.3) is 0 Å². The molecule has 1 aromatic rings. The lowest BCUT2D eigenvalue weighted by atomic mass is 9.76.